The molecule has 4 rings (SSSR count). The third-order valence-corrected chi connectivity index (χ3v) is 5.34. The highest BCUT2D eigenvalue weighted by atomic mass is 16.1. The van der Waals surface area contributed by atoms with Crippen LogP contribution in [0.5, 0.6) is 0 Å². The van der Waals surface area contributed by atoms with Gasteiger partial charge in [-0.1, -0.05) is 42.5 Å². The van der Waals surface area contributed by atoms with Gasteiger partial charge in [0.1, 0.15) is 5.82 Å². The highest BCUT2D eigenvalue weighted by Gasteiger charge is 2.15. The normalized spacial score (nSPS) is 14.6. The van der Waals surface area contributed by atoms with Crippen molar-refractivity contribution in [1.82, 2.24) is 15.2 Å². The predicted molar refractivity (Wildman–Crippen MR) is 117 cm³/mol. The number of likely N-dealkylation sites (N-methyl/N-ethyl adjacent to an activating group) is 1. The van der Waals surface area contributed by atoms with E-state index < -0.39 is 0 Å². The molecule has 1 N–H and O–H groups in total. The number of hydrogen-bond acceptors (Lipinski definition) is 4. The number of nitrogens with zero attached hydrogens (tertiary/aromatic N) is 3. The molecule has 0 saturated carbocycles. The van der Waals surface area contributed by atoms with Crippen molar-refractivity contribution >= 4 is 11.7 Å². The zero-order chi connectivity index (χ0) is 20.1. The Morgan fingerprint density at radius 1 is 0.931 bits per heavy atom. The first-order chi connectivity index (χ1) is 14.2. The smallest absolute Gasteiger partial charge is 0.251 e. The van der Waals surface area contributed by atoms with E-state index in [0.717, 1.165) is 48.7 Å². The van der Waals surface area contributed by atoms with E-state index in [2.05, 4.69) is 45.3 Å². The molecule has 0 bridgehead atoms. The molecule has 0 radical (unpaired) electrons. The van der Waals surface area contributed by atoms with E-state index in [1.54, 1.807) is 0 Å². The fourth-order valence-electron chi connectivity index (χ4n) is 3.51. The van der Waals surface area contributed by atoms with Crippen LogP contribution in [0.15, 0.2) is 72.9 Å². The molecule has 2 heterocycles. The molecule has 0 aliphatic carbocycles. The Kier molecular flexibility index (Phi) is 5.86. The van der Waals surface area contributed by atoms with E-state index in [1.165, 1.54) is 0 Å². The van der Waals surface area contributed by atoms with Gasteiger partial charge in [0.2, 0.25) is 0 Å². The van der Waals surface area contributed by atoms with Gasteiger partial charge in [0.05, 0.1) is 0 Å². The number of amides is 1. The summed E-state index contributed by atoms with van der Waals surface area (Å²) in [6.07, 6.45) is 1.82. The maximum absolute atomic E-state index is 12.5. The molecule has 1 saturated heterocycles. The van der Waals surface area contributed by atoms with E-state index >= 15 is 0 Å². The Labute approximate surface area is 172 Å². The number of nitrogens with one attached hydrogen (secondary N) is 1. The molecule has 3 aromatic rings. The molecular weight excluding hydrogens is 360 g/mol. The lowest BCUT2D eigenvalue weighted by Gasteiger charge is -2.33. The van der Waals surface area contributed by atoms with Gasteiger partial charge >= 0.3 is 0 Å². The van der Waals surface area contributed by atoms with Crippen molar-refractivity contribution < 1.29 is 4.79 Å². The van der Waals surface area contributed by atoms with Crippen molar-refractivity contribution in [3.63, 3.8) is 0 Å². The second-order valence-electron chi connectivity index (χ2n) is 7.44. The molecular formula is C24H26N4O. The van der Waals surface area contributed by atoms with Crippen LogP contribution >= 0.6 is 0 Å². The van der Waals surface area contributed by atoms with E-state index in [0.29, 0.717) is 12.1 Å². The van der Waals surface area contributed by atoms with Gasteiger partial charge in [0.15, 0.2) is 0 Å². The summed E-state index contributed by atoms with van der Waals surface area (Å²) >= 11 is 0. The number of pyridine rings is 1. The molecule has 1 aromatic heterocycles. The largest absolute Gasteiger partial charge is 0.354 e. The van der Waals surface area contributed by atoms with Gasteiger partial charge in [0, 0.05) is 44.5 Å². The Morgan fingerprint density at radius 3 is 2.34 bits per heavy atom. The number of aromatic nitrogens is 1. The average molecular weight is 386 g/mol. The summed E-state index contributed by atoms with van der Waals surface area (Å²) in [5.74, 6) is 0.916. The summed E-state index contributed by atoms with van der Waals surface area (Å²) in [4.78, 5) is 21.7. The Hall–Kier alpha value is -3.18. The van der Waals surface area contributed by atoms with E-state index in [-0.39, 0.29) is 5.91 Å². The molecule has 0 atom stereocenters. The van der Waals surface area contributed by atoms with Gasteiger partial charge in [-0.25, -0.2) is 4.98 Å². The van der Waals surface area contributed by atoms with Crippen LogP contribution < -0.4 is 10.2 Å². The minimum Gasteiger partial charge on any atom is -0.354 e. The summed E-state index contributed by atoms with van der Waals surface area (Å²) in [6, 6.07) is 21.9. The average Bonchev–Trinajstić information content (AvgIpc) is 2.79. The number of anilines is 1. The monoisotopic (exact) mass is 386 g/mol. The van der Waals surface area contributed by atoms with Gasteiger partial charge in [-0.3, -0.25) is 4.79 Å². The summed E-state index contributed by atoms with van der Waals surface area (Å²) in [5, 5.41) is 3.02. The van der Waals surface area contributed by atoms with Crippen LogP contribution in [0.2, 0.25) is 0 Å². The van der Waals surface area contributed by atoms with Gasteiger partial charge in [-0.2, -0.15) is 0 Å². The molecule has 5 nitrogen and oxygen atoms in total. The van der Waals surface area contributed by atoms with Crippen molar-refractivity contribution in [1.29, 1.82) is 0 Å². The minimum atomic E-state index is -0.0671. The van der Waals surface area contributed by atoms with E-state index in [9.17, 15) is 4.79 Å². The highest BCUT2D eigenvalue weighted by Crippen LogP contribution is 2.19. The summed E-state index contributed by atoms with van der Waals surface area (Å²) < 4.78 is 0. The SMILES string of the molecule is CN1CCN(c2cc(CNC(=O)c3ccc(-c4ccccc4)cc3)ccn2)CC1. The lowest BCUT2D eigenvalue weighted by molar-refractivity contribution is 0.0951. The van der Waals surface area contributed by atoms with Crippen molar-refractivity contribution in [3.8, 4) is 11.1 Å². The van der Waals surface area contributed by atoms with Crippen LogP contribution in [0.1, 0.15) is 15.9 Å². The molecule has 0 spiro atoms. The fourth-order valence-corrected chi connectivity index (χ4v) is 3.51. The summed E-state index contributed by atoms with van der Waals surface area (Å²) in [6.45, 7) is 4.53. The maximum Gasteiger partial charge on any atom is 0.251 e. The number of carbonyl (C=O) groups is 1. The Morgan fingerprint density at radius 2 is 1.62 bits per heavy atom. The molecule has 1 amide bonds. The van der Waals surface area contributed by atoms with Crippen LogP contribution in [0.3, 0.4) is 0 Å². The zero-order valence-electron chi connectivity index (χ0n) is 16.7. The summed E-state index contributed by atoms with van der Waals surface area (Å²) in [7, 11) is 2.14. The number of carbonyl (C=O) groups excluding carboxylic acids is 1. The minimum absolute atomic E-state index is 0.0671. The molecule has 5 heteroatoms. The first kappa shape index (κ1) is 19.2. The van der Waals surface area contributed by atoms with Crippen molar-refractivity contribution in [2.24, 2.45) is 0 Å². The van der Waals surface area contributed by atoms with E-state index in [1.807, 2.05) is 54.7 Å². The second-order valence-corrected chi connectivity index (χ2v) is 7.44. The fraction of sp³-hybridized carbons (Fsp3) is 0.250. The maximum atomic E-state index is 12.5. The number of hydrogen-bond donors (Lipinski definition) is 1. The second kappa shape index (κ2) is 8.88. The lowest BCUT2D eigenvalue weighted by atomic mass is 10.0. The van der Waals surface area contributed by atoms with Crippen molar-refractivity contribution in [2.45, 2.75) is 6.54 Å². The van der Waals surface area contributed by atoms with Crippen LogP contribution in [-0.4, -0.2) is 49.0 Å². The quantitative estimate of drug-likeness (QED) is 0.730. The summed E-state index contributed by atoms with van der Waals surface area (Å²) in [5.41, 5.74) is 3.97. The van der Waals surface area contributed by atoms with Crippen molar-refractivity contribution in [3.05, 3.63) is 84.1 Å². The van der Waals surface area contributed by atoms with Gasteiger partial charge in [-0.05, 0) is 48.0 Å². The van der Waals surface area contributed by atoms with Gasteiger partial charge in [0.25, 0.3) is 5.91 Å². The third-order valence-electron chi connectivity index (χ3n) is 5.34. The van der Waals surface area contributed by atoms with Crippen LogP contribution in [0.25, 0.3) is 11.1 Å². The van der Waals surface area contributed by atoms with E-state index in [4.69, 9.17) is 0 Å². The van der Waals surface area contributed by atoms with Crippen LogP contribution in [-0.2, 0) is 6.54 Å². The van der Waals surface area contributed by atoms with Gasteiger partial charge in [-0.15, -0.1) is 0 Å². The molecule has 29 heavy (non-hydrogen) atoms. The van der Waals surface area contributed by atoms with Crippen LogP contribution in [0.4, 0.5) is 5.82 Å². The van der Waals surface area contributed by atoms with Gasteiger partial charge < -0.3 is 15.1 Å². The first-order valence-corrected chi connectivity index (χ1v) is 10.0. The molecule has 0 unspecified atom stereocenters. The standard InChI is InChI=1S/C24H26N4O/c1-27-13-15-28(16-14-27)23-17-19(11-12-25-23)18-26-24(29)22-9-7-21(8-10-22)20-5-3-2-4-6-20/h2-12,17H,13-16,18H2,1H3,(H,26,29). The Bertz CT molecular complexity index is 948. The molecule has 1 fully saturated rings. The Balaban J connectivity index is 1.36. The van der Waals surface area contributed by atoms with Crippen molar-refractivity contribution in [2.75, 3.05) is 38.1 Å². The van der Waals surface area contributed by atoms with Crippen LogP contribution in [0, 0.1) is 0 Å². The topological polar surface area (TPSA) is 48.5 Å². The number of piperazine rings is 1. The number of benzene rings is 2. The molecule has 148 valence electrons. The molecule has 2 aromatic carbocycles. The third kappa shape index (κ3) is 4.81. The zero-order valence-corrected chi connectivity index (χ0v) is 16.7. The molecule has 1 aliphatic heterocycles. The predicted octanol–water partition coefficient (Wildman–Crippen LogP) is 3.43. The lowest BCUT2D eigenvalue weighted by Crippen LogP contribution is -2.44. The number of rotatable bonds is 5. The molecule has 1 aliphatic rings. The highest BCUT2D eigenvalue weighted by molar-refractivity contribution is 5.94. The first-order valence-electron chi connectivity index (χ1n) is 10.0.